The van der Waals surface area contributed by atoms with Crippen LogP contribution in [0.1, 0.15) is 34.6 Å². The van der Waals surface area contributed by atoms with Crippen LogP contribution < -0.4 is 0 Å². The molecule has 72 valence electrons. The molecule has 3 atom stereocenters. The Morgan fingerprint density at radius 1 is 1.25 bits per heavy atom. The van der Waals surface area contributed by atoms with Gasteiger partial charge in [0, 0.05) is 18.1 Å². The van der Waals surface area contributed by atoms with Gasteiger partial charge in [0.1, 0.15) is 0 Å². The van der Waals surface area contributed by atoms with E-state index in [1.165, 1.54) is 0 Å². The summed E-state index contributed by atoms with van der Waals surface area (Å²) in [4.78, 5) is 2.54. The molecule has 1 aliphatic heterocycles. The summed E-state index contributed by atoms with van der Waals surface area (Å²) in [5, 5.41) is 0. The highest BCUT2D eigenvalue weighted by Gasteiger charge is 2.31. The van der Waals surface area contributed by atoms with Crippen molar-refractivity contribution < 1.29 is 4.74 Å². The van der Waals surface area contributed by atoms with Crippen molar-refractivity contribution in [2.75, 3.05) is 6.61 Å². The van der Waals surface area contributed by atoms with Crippen molar-refractivity contribution in [3.63, 3.8) is 0 Å². The third-order valence-corrected chi connectivity index (χ3v) is 2.86. The molecule has 1 fully saturated rings. The Kier molecular flexibility index (Phi) is 3.13. The molecule has 0 spiro atoms. The summed E-state index contributed by atoms with van der Waals surface area (Å²) >= 11 is 0. The maximum Gasteiger partial charge on any atom is 0.0700 e. The molecule has 1 aliphatic rings. The first-order valence-corrected chi connectivity index (χ1v) is 4.93. The van der Waals surface area contributed by atoms with Gasteiger partial charge in [-0.25, -0.2) is 0 Å². The van der Waals surface area contributed by atoms with Gasteiger partial charge in [-0.1, -0.05) is 0 Å². The lowest BCUT2D eigenvalue weighted by Crippen LogP contribution is -2.56. The lowest BCUT2D eigenvalue weighted by molar-refractivity contribution is -0.0966. The van der Waals surface area contributed by atoms with E-state index in [0.29, 0.717) is 24.2 Å². The number of hydrogen-bond acceptors (Lipinski definition) is 2. The monoisotopic (exact) mass is 171 g/mol. The van der Waals surface area contributed by atoms with Gasteiger partial charge < -0.3 is 4.74 Å². The number of ether oxygens (including phenoxy) is 1. The summed E-state index contributed by atoms with van der Waals surface area (Å²) in [6.07, 6.45) is 0.378. The molecule has 0 N–H and O–H groups in total. The Balaban J connectivity index is 2.65. The zero-order chi connectivity index (χ0) is 9.30. The van der Waals surface area contributed by atoms with Crippen LogP contribution in [0.4, 0.5) is 0 Å². The maximum absolute atomic E-state index is 5.64. The van der Waals surface area contributed by atoms with Crippen molar-refractivity contribution >= 4 is 0 Å². The summed E-state index contributed by atoms with van der Waals surface area (Å²) in [6, 6.07) is 1.74. The van der Waals surface area contributed by atoms with Crippen LogP contribution >= 0.6 is 0 Å². The molecule has 3 unspecified atom stereocenters. The Bertz CT molecular complexity index is 147. The zero-order valence-electron chi connectivity index (χ0n) is 8.87. The number of morpholine rings is 1. The van der Waals surface area contributed by atoms with E-state index >= 15 is 0 Å². The predicted octanol–water partition coefficient (Wildman–Crippen LogP) is 1.89. The smallest absolute Gasteiger partial charge is 0.0700 e. The average molecular weight is 171 g/mol. The SMILES string of the molecule is CC1OCC(C)N(C(C)C)C1C. The van der Waals surface area contributed by atoms with E-state index < -0.39 is 0 Å². The van der Waals surface area contributed by atoms with Gasteiger partial charge in [-0.05, 0) is 34.6 Å². The number of nitrogens with zero attached hydrogens (tertiary/aromatic N) is 1. The quantitative estimate of drug-likeness (QED) is 0.597. The van der Waals surface area contributed by atoms with Crippen LogP contribution in [-0.4, -0.2) is 35.7 Å². The van der Waals surface area contributed by atoms with E-state index in [9.17, 15) is 0 Å². The highest BCUT2D eigenvalue weighted by molar-refractivity contribution is 4.84. The molecule has 0 bridgehead atoms. The third kappa shape index (κ3) is 1.80. The van der Waals surface area contributed by atoms with Crippen LogP contribution in [0.5, 0.6) is 0 Å². The third-order valence-electron chi connectivity index (χ3n) is 2.86. The number of hydrogen-bond donors (Lipinski definition) is 0. The topological polar surface area (TPSA) is 12.5 Å². The largest absolute Gasteiger partial charge is 0.375 e. The molecule has 12 heavy (non-hydrogen) atoms. The first kappa shape index (κ1) is 10.0. The average Bonchev–Trinajstić information content (AvgIpc) is 1.97. The fourth-order valence-electron chi connectivity index (χ4n) is 2.14. The van der Waals surface area contributed by atoms with Gasteiger partial charge in [0.2, 0.25) is 0 Å². The Labute approximate surface area is 75.9 Å². The van der Waals surface area contributed by atoms with Gasteiger partial charge in [0.25, 0.3) is 0 Å². The van der Waals surface area contributed by atoms with Crippen LogP contribution in [-0.2, 0) is 4.74 Å². The molecule has 0 aliphatic carbocycles. The van der Waals surface area contributed by atoms with Crippen molar-refractivity contribution in [3.8, 4) is 0 Å². The van der Waals surface area contributed by atoms with E-state index in [2.05, 4.69) is 39.5 Å². The Hall–Kier alpha value is -0.0800. The second kappa shape index (κ2) is 3.75. The number of rotatable bonds is 1. The van der Waals surface area contributed by atoms with Gasteiger partial charge >= 0.3 is 0 Å². The van der Waals surface area contributed by atoms with Gasteiger partial charge in [-0.2, -0.15) is 0 Å². The lowest BCUT2D eigenvalue weighted by Gasteiger charge is -2.44. The summed E-state index contributed by atoms with van der Waals surface area (Å²) in [5.41, 5.74) is 0. The normalized spacial score (nSPS) is 39.0. The van der Waals surface area contributed by atoms with Gasteiger partial charge in [-0.3, -0.25) is 4.90 Å². The minimum absolute atomic E-state index is 0.378. The Morgan fingerprint density at radius 2 is 1.83 bits per heavy atom. The van der Waals surface area contributed by atoms with Crippen LogP contribution in [0.25, 0.3) is 0 Å². The van der Waals surface area contributed by atoms with E-state index in [0.717, 1.165) is 6.61 Å². The van der Waals surface area contributed by atoms with Crippen LogP contribution in [0.2, 0.25) is 0 Å². The maximum atomic E-state index is 5.64. The molecule has 0 amide bonds. The summed E-state index contributed by atoms with van der Waals surface area (Å²) in [7, 11) is 0. The second-order valence-electron chi connectivity index (χ2n) is 4.17. The molecule has 0 radical (unpaired) electrons. The molecule has 1 heterocycles. The summed E-state index contributed by atoms with van der Waals surface area (Å²) in [5.74, 6) is 0. The minimum atomic E-state index is 0.378. The molecule has 0 aromatic rings. The van der Waals surface area contributed by atoms with Crippen molar-refractivity contribution in [3.05, 3.63) is 0 Å². The fraction of sp³-hybridized carbons (Fsp3) is 1.00. The van der Waals surface area contributed by atoms with E-state index in [4.69, 9.17) is 4.74 Å². The van der Waals surface area contributed by atoms with Crippen molar-refractivity contribution in [1.82, 2.24) is 4.90 Å². The highest BCUT2D eigenvalue weighted by Crippen LogP contribution is 2.20. The van der Waals surface area contributed by atoms with Crippen LogP contribution in [0.3, 0.4) is 0 Å². The van der Waals surface area contributed by atoms with Gasteiger partial charge in [0.15, 0.2) is 0 Å². The van der Waals surface area contributed by atoms with Crippen molar-refractivity contribution in [1.29, 1.82) is 0 Å². The molecule has 2 heteroatoms. The molecular weight excluding hydrogens is 150 g/mol. The predicted molar refractivity (Wildman–Crippen MR) is 51.3 cm³/mol. The molecule has 0 aromatic heterocycles. The first-order chi connectivity index (χ1) is 5.54. The Morgan fingerprint density at radius 3 is 2.25 bits per heavy atom. The van der Waals surface area contributed by atoms with E-state index in [-0.39, 0.29) is 0 Å². The minimum Gasteiger partial charge on any atom is -0.375 e. The van der Waals surface area contributed by atoms with Crippen molar-refractivity contribution in [2.45, 2.75) is 58.8 Å². The molecule has 1 saturated heterocycles. The molecule has 0 saturated carbocycles. The zero-order valence-corrected chi connectivity index (χ0v) is 8.87. The summed E-state index contributed by atoms with van der Waals surface area (Å²) < 4.78 is 5.64. The van der Waals surface area contributed by atoms with Gasteiger partial charge in [0.05, 0.1) is 12.7 Å². The standard InChI is InChI=1S/C10H21NO/c1-7(2)11-8(3)6-12-10(5)9(11)4/h7-10H,6H2,1-5H3. The van der Waals surface area contributed by atoms with Crippen LogP contribution in [0, 0.1) is 0 Å². The summed E-state index contributed by atoms with van der Waals surface area (Å²) in [6.45, 7) is 12.0. The molecule has 0 aromatic carbocycles. The second-order valence-corrected chi connectivity index (χ2v) is 4.17. The van der Waals surface area contributed by atoms with E-state index in [1.54, 1.807) is 0 Å². The molecule has 1 rings (SSSR count). The van der Waals surface area contributed by atoms with Crippen LogP contribution in [0.15, 0.2) is 0 Å². The highest BCUT2D eigenvalue weighted by atomic mass is 16.5. The molecule has 2 nitrogen and oxygen atoms in total. The first-order valence-electron chi connectivity index (χ1n) is 4.93. The lowest BCUT2D eigenvalue weighted by atomic mass is 10.0. The molecular formula is C10H21NO. The van der Waals surface area contributed by atoms with Gasteiger partial charge in [-0.15, -0.1) is 0 Å². The van der Waals surface area contributed by atoms with Crippen molar-refractivity contribution in [2.24, 2.45) is 0 Å². The van der Waals surface area contributed by atoms with E-state index in [1.807, 2.05) is 0 Å². The fourth-order valence-corrected chi connectivity index (χ4v) is 2.14.